The molecule has 0 radical (unpaired) electrons. The Bertz CT molecular complexity index is 864. The van der Waals surface area contributed by atoms with Crippen LogP contribution in [0.4, 0.5) is 0 Å². The average Bonchev–Trinajstić information content (AvgIpc) is 2.72. The molecule has 0 aromatic heterocycles. The summed E-state index contributed by atoms with van der Waals surface area (Å²) >= 11 is 7.45. The van der Waals surface area contributed by atoms with Crippen LogP contribution in [-0.4, -0.2) is 41.2 Å². The number of carbonyl (C=O) groups excluding carboxylic acids is 2. The second kappa shape index (κ2) is 11.4. The minimum absolute atomic E-state index is 0.0775. The second-order valence-electron chi connectivity index (χ2n) is 8.40. The van der Waals surface area contributed by atoms with Crippen LogP contribution in [0.15, 0.2) is 48.5 Å². The lowest BCUT2D eigenvalue weighted by molar-refractivity contribution is -0.139. The van der Waals surface area contributed by atoms with E-state index in [1.807, 2.05) is 69.3 Å². The van der Waals surface area contributed by atoms with E-state index in [0.717, 1.165) is 16.9 Å². The van der Waals surface area contributed by atoms with Gasteiger partial charge < -0.3 is 15.0 Å². The van der Waals surface area contributed by atoms with Crippen LogP contribution >= 0.6 is 23.4 Å². The van der Waals surface area contributed by atoms with Crippen LogP contribution < -0.4 is 10.1 Å². The maximum Gasteiger partial charge on any atom is 0.242 e. The third-order valence-corrected chi connectivity index (χ3v) is 5.83. The lowest BCUT2D eigenvalue weighted by Crippen LogP contribution is -2.52. The fourth-order valence-electron chi connectivity index (χ4n) is 2.90. The topological polar surface area (TPSA) is 58.6 Å². The van der Waals surface area contributed by atoms with Crippen LogP contribution in [0.25, 0.3) is 0 Å². The number of halogens is 1. The van der Waals surface area contributed by atoms with E-state index >= 15 is 0 Å². The molecule has 2 aromatic rings. The predicted molar refractivity (Wildman–Crippen MR) is 129 cm³/mol. The van der Waals surface area contributed by atoms with Gasteiger partial charge in [0.2, 0.25) is 11.8 Å². The Labute approximate surface area is 194 Å². The molecule has 1 N–H and O–H groups in total. The minimum Gasteiger partial charge on any atom is -0.497 e. The molecule has 0 aliphatic heterocycles. The number of hydrogen-bond acceptors (Lipinski definition) is 4. The Hall–Kier alpha value is -2.18. The van der Waals surface area contributed by atoms with Gasteiger partial charge in [0.15, 0.2) is 0 Å². The summed E-state index contributed by atoms with van der Waals surface area (Å²) < 4.78 is 5.21. The first kappa shape index (κ1) is 25.1. The molecule has 0 fully saturated rings. The molecule has 31 heavy (non-hydrogen) atoms. The number of nitrogens with zero attached hydrogens (tertiary/aromatic N) is 1. The predicted octanol–water partition coefficient (Wildman–Crippen LogP) is 4.91. The molecule has 0 spiro atoms. The number of carbonyl (C=O) groups is 2. The molecule has 168 valence electrons. The molecule has 2 rings (SSSR count). The standard InChI is InChI=1S/C24H31ClN2O3S/c1-17(23(29)26-24(2,3)4)27(14-18-8-12-21(30-5)13-9-18)22(28)16-31-15-19-6-10-20(25)11-7-19/h6-13,17H,14-16H2,1-5H3,(H,26,29)/t17-/m1/s1. The van der Waals surface area contributed by atoms with Crippen molar-refractivity contribution in [1.82, 2.24) is 10.2 Å². The molecule has 2 aromatic carbocycles. The van der Waals surface area contributed by atoms with E-state index in [9.17, 15) is 9.59 Å². The molecule has 7 heteroatoms. The molecule has 2 amide bonds. The summed E-state index contributed by atoms with van der Waals surface area (Å²) in [5.41, 5.74) is 1.67. The van der Waals surface area contributed by atoms with E-state index in [1.165, 1.54) is 11.8 Å². The van der Waals surface area contributed by atoms with Gasteiger partial charge in [0.05, 0.1) is 12.9 Å². The summed E-state index contributed by atoms with van der Waals surface area (Å²) in [5, 5.41) is 3.66. The van der Waals surface area contributed by atoms with Gasteiger partial charge in [-0.1, -0.05) is 35.9 Å². The first-order valence-electron chi connectivity index (χ1n) is 10.2. The number of thioether (sulfide) groups is 1. The van der Waals surface area contributed by atoms with Gasteiger partial charge >= 0.3 is 0 Å². The zero-order chi connectivity index (χ0) is 23.0. The van der Waals surface area contributed by atoms with Gasteiger partial charge in [-0.25, -0.2) is 0 Å². The van der Waals surface area contributed by atoms with Gasteiger partial charge in [-0.05, 0) is 63.1 Å². The fourth-order valence-corrected chi connectivity index (χ4v) is 3.90. The molecule has 5 nitrogen and oxygen atoms in total. The normalized spacial score (nSPS) is 12.2. The van der Waals surface area contributed by atoms with Gasteiger partial charge in [-0.3, -0.25) is 9.59 Å². The van der Waals surface area contributed by atoms with Crippen molar-refractivity contribution in [2.45, 2.75) is 51.6 Å². The molecule has 0 heterocycles. The van der Waals surface area contributed by atoms with E-state index < -0.39 is 6.04 Å². The molecule has 0 unspecified atom stereocenters. The Morgan fingerprint density at radius 3 is 2.19 bits per heavy atom. The number of methoxy groups -OCH3 is 1. The highest BCUT2D eigenvalue weighted by atomic mass is 35.5. The first-order chi connectivity index (χ1) is 14.6. The van der Waals surface area contributed by atoms with E-state index in [0.29, 0.717) is 17.3 Å². The molecular weight excluding hydrogens is 432 g/mol. The SMILES string of the molecule is COc1ccc(CN(C(=O)CSCc2ccc(Cl)cc2)[C@H](C)C(=O)NC(C)(C)C)cc1. The van der Waals surface area contributed by atoms with Crippen LogP contribution in [0, 0.1) is 0 Å². The Balaban J connectivity index is 2.09. The van der Waals surface area contributed by atoms with Crippen LogP contribution in [0.3, 0.4) is 0 Å². The number of benzene rings is 2. The van der Waals surface area contributed by atoms with E-state index in [4.69, 9.17) is 16.3 Å². The summed E-state index contributed by atoms with van der Waals surface area (Å²) in [5.74, 6) is 1.48. The van der Waals surface area contributed by atoms with Crippen molar-refractivity contribution in [2.24, 2.45) is 0 Å². The lowest BCUT2D eigenvalue weighted by atomic mass is 10.1. The van der Waals surface area contributed by atoms with Gasteiger partial charge in [-0.2, -0.15) is 0 Å². The van der Waals surface area contributed by atoms with Gasteiger partial charge in [-0.15, -0.1) is 11.8 Å². The summed E-state index contributed by atoms with van der Waals surface area (Å²) in [7, 11) is 1.61. The van der Waals surface area contributed by atoms with Crippen molar-refractivity contribution in [3.05, 3.63) is 64.7 Å². The molecule has 0 bridgehead atoms. The van der Waals surface area contributed by atoms with E-state index in [1.54, 1.807) is 18.9 Å². The monoisotopic (exact) mass is 462 g/mol. The Morgan fingerprint density at radius 2 is 1.65 bits per heavy atom. The van der Waals surface area contributed by atoms with E-state index in [2.05, 4.69) is 5.32 Å². The molecule has 1 atom stereocenters. The average molecular weight is 463 g/mol. The van der Waals surface area contributed by atoms with Crippen molar-refractivity contribution in [3.8, 4) is 5.75 Å². The summed E-state index contributed by atoms with van der Waals surface area (Å²) in [6.45, 7) is 7.90. The van der Waals surface area contributed by atoms with Crippen LogP contribution in [0.2, 0.25) is 5.02 Å². The molecular formula is C24H31ClN2O3S. The third kappa shape index (κ3) is 8.46. The van der Waals surface area contributed by atoms with Crippen molar-refractivity contribution >= 4 is 35.2 Å². The van der Waals surface area contributed by atoms with Crippen molar-refractivity contribution < 1.29 is 14.3 Å². The summed E-state index contributed by atoms with van der Waals surface area (Å²) in [6.07, 6.45) is 0. The fraction of sp³-hybridized carbons (Fsp3) is 0.417. The number of amides is 2. The highest BCUT2D eigenvalue weighted by Crippen LogP contribution is 2.19. The zero-order valence-electron chi connectivity index (χ0n) is 18.8. The molecule has 0 saturated heterocycles. The van der Waals surface area contributed by atoms with Gasteiger partial charge in [0, 0.05) is 22.9 Å². The zero-order valence-corrected chi connectivity index (χ0v) is 20.3. The number of nitrogens with one attached hydrogen (secondary N) is 1. The Kier molecular flexibility index (Phi) is 9.26. The molecule has 0 aliphatic rings. The molecule has 0 saturated carbocycles. The quantitative estimate of drug-likeness (QED) is 0.575. The highest BCUT2D eigenvalue weighted by Gasteiger charge is 2.28. The number of ether oxygens (including phenoxy) is 1. The largest absolute Gasteiger partial charge is 0.497 e. The maximum absolute atomic E-state index is 13.1. The minimum atomic E-state index is -0.593. The van der Waals surface area contributed by atoms with Crippen molar-refractivity contribution in [2.75, 3.05) is 12.9 Å². The highest BCUT2D eigenvalue weighted by molar-refractivity contribution is 7.99. The summed E-state index contributed by atoms with van der Waals surface area (Å²) in [6, 6.07) is 14.5. The van der Waals surface area contributed by atoms with Crippen LogP contribution in [0.1, 0.15) is 38.8 Å². The third-order valence-electron chi connectivity index (χ3n) is 4.58. The second-order valence-corrected chi connectivity index (χ2v) is 9.83. The smallest absolute Gasteiger partial charge is 0.242 e. The van der Waals surface area contributed by atoms with Crippen molar-refractivity contribution in [3.63, 3.8) is 0 Å². The number of rotatable bonds is 9. The van der Waals surface area contributed by atoms with Crippen LogP contribution in [0.5, 0.6) is 5.75 Å². The van der Waals surface area contributed by atoms with Crippen LogP contribution in [-0.2, 0) is 21.9 Å². The molecule has 0 aliphatic carbocycles. The maximum atomic E-state index is 13.1. The summed E-state index contributed by atoms with van der Waals surface area (Å²) in [4.78, 5) is 27.5. The Morgan fingerprint density at radius 1 is 1.06 bits per heavy atom. The van der Waals surface area contributed by atoms with Gasteiger partial charge in [0.1, 0.15) is 11.8 Å². The number of hydrogen-bond donors (Lipinski definition) is 1. The van der Waals surface area contributed by atoms with E-state index in [-0.39, 0.29) is 23.1 Å². The first-order valence-corrected chi connectivity index (χ1v) is 11.7. The lowest BCUT2D eigenvalue weighted by Gasteiger charge is -2.31. The van der Waals surface area contributed by atoms with Crippen molar-refractivity contribution in [1.29, 1.82) is 0 Å². The van der Waals surface area contributed by atoms with Gasteiger partial charge in [0.25, 0.3) is 0 Å².